The molecule has 0 spiro atoms. The van der Waals surface area contributed by atoms with Gasteiger partial charge in [0.25, 0.3) is 5.56 Å². The van der Waals surface area contributed by atoms with Crippen LogP contribution in [0, 0.1) is 11.3 Å². The van der Waals surface area contributed by atoms with Gasteiger partial charge in [-0.05, 0) is 13.3 Å². The van der Waals surface area contributed by atoms with Crippen LogP contribution < -0.4 is 11.2 Å². The van der Waals surface area contributed by atoms with Crippen molar-refractivity contribution in [1.29, 1.82) is 5.26 Å². The molecular weight excluding hydrogens is 194 g/mol. The Morgan fingerprint density at radius 3 is 2.53 bits per heavy atom. The van der Waals surface area contributed by atoms with E-state index >= 15 is 0 Å². The lowest BCUT2D eigenvalue weighted by Crippen LogP contribution is -2.40. The lowest BCUT2D eigenvalue weighted by molar-refractivity contribution is 0.556. The van der Waals surface area contributed by atoms with E-state index in [1.165, 1.54) is 10.8 Å². The average Bonchev–Trinajstić information content (AvgIpc) is 2.25. The monoisotopic (exact) mass is 207 g/mol. The molecule has 0 aliphatic heterocycles. The van der Waals surface area contributed by atoms with Crippen LogP contribution in [0.5, 0.6) is 0 Å². The molecule has 80 valence electrons. The minimum atomic E-state index is -0.492. The second-order valence-corrected chi connectivity index (χ2v) is 3.18. The summed E-state index contributed by atoms with van der Waals surface area (Å²) in [6.45, 7) is 4.48. The Balaban J connectivity index is 3.55. The van der Waals surface area contributed by atoms with E-state index in [1.807, 2.05) is 6.92 Å². The van der Waals surface area contributed by atoms with Crippen molar-refractivity contribution in [2.45, 2.75) is 33.4 Å². The Morgan fingerprint density at radius 2 is 2.07 bits per heavy atom. The minimum absolute atomic E-state index is 0.0184. The number of aryl methyl sites for hydroxylation is 1. The maximum Gasteiger partial charge on any atom is 0.331 e. The molecule has 1 aromatic heterocycles. The van der Waals surface area contributed by atoms with Crippen molar-refractivity contribution in [3.05, 3.63) is 32.6 Å². The van der Waals surface area contributed by atoms with Crippen molar-refractivity contribution in [3.8, 4) is 6.07 Å². The zero-order chi connectivity index (χ0) is 11.4. The number of hydrogen-bond donors (Lipinski definition) is 0. The molecule has 5 heteroatoms. The van der Waals surface area contributed by atoms with E-state index in [9.17, 15) is 9.59 Å². The van der Waals surface area contributed by atoms with Gasteiger partial charge in [0.05, 0.1) is 0 Å². The zero-order valence-electron chi connectivity index (χ0n) is 8.86. The lowest BCUT2D eigenvalue weighted by Gasteiger charge is -2.07. The first-order valence-electron chi connectivity index (χ1n) is 4.90. The van der Waals surface area contributed by atoms with E-state index in [1.54, 1.807) is 13.0 Å². The smallest absolute Gasteiger partial charge is 0.299 e. The Labute approximate surface area is 87.2 Å². The molecule has 0 atom stereocenters. The summed E-state index contributed by atoms with van der Waals surface area (Å²) in [5.74, 6) is 0. The van der Waals surface area contributed by atoms with E-state index in [-0.39, 0.29) is 11.3 Å². The van der Waals surface area contributed by atoms with E-state index in [4.69, 9.17) is 5.26 Å². The number of nitriles is 1. The molecule has 5 nitrogen and oxygen atoms in total. The molecule has 0 N–H and O–H groups in total. The molecule has 0 amide bonds. The van der Waals surface area contributed by atoms with Crippen LogP contribution in [0.3, 0.4) is 0 Å². The minimum Gasteiger partial charge on any atom is -0.299 e. The van der Waals surface area contributed by atoms with Crippen LogP contribution in [-0.4, -0.2) is 9.13 Å². The average molecular weight is 207 g/mol. The molecule has 0 aromatic carbocycles. The first-order chi connectivity index (χ1) is 7.15. The molecule has 0 saturated heterocycles. The molecule has 0 bridgehead atoms. The number of hydrogen-bond acceptors (Lipinski definition) is 3. The van der Waals surface area contributed by atoms with Gasteiger partial charge in [-0.2, -0.15) is 5.26 Å². The summed E-state index contributed by atoms with van der Waals surface area (Å²) in [4.78, 5) is 23.3. The molecule has 0 aliphatic rings. The van der Waals surface area contributed by atoms with Crippen molar-refractivity contribution in [1.82, 2.24) is 9.13 Å². The van der Waals surface area contributed by atoms with Gasteiger partial charge in [-0.25, -0.2) is 4.79 Å². The molecule has 1 rings (SSSR count). The van der Waals surface area contributed by atoms with Gasteiger partial charge in [0, 0.05) is 19.3 Å². The van der Waals surface area contributed by atoms with Crippen molar-refractivity contribution in [2.24, 2.45) is 0 Å². The fourth-order valence-corrected chi connectivity index (χ4v) is 1.38. The summed E-state index contributed by atoms with van der Waals surface area (Å²) >= 11 is 0. The van der Waals surface area contributed by atoms with Crippen molar-refractivity contribution >= 4 is 0 Å². The molecular formula is C10H13N3O2. The summed E-state index contributed by atoms with van der Waals surface area (Å²) in [5.41, 5.74) is -0.817. The third-order valence-electron chi connectivity index (χ3n) is 2.15. The molecule has 1 heterocycles. The van der Waals surface area contributed by atoms with Crippen molar-refractivity contribution in [3.63, 3.8) is 0 Å². The van der Waals surface area contributed by atoms with Gasteiger partial charge in [0.15, 0.2) is 0 Å². The number of rotatable bonds is 3. The van der Waals surface area contributed by atoms with Crippen LogP contribution in [0.15, 0.2) is 15.8 Å². The van der Waals surface area contributed by atoms with Gasteiger partial charge < -0.3 is 0 Å². The summed E-state index contributed by atoms with van der Waals surface area (Å²) in [5, 5.41) is 8.74. The van der Waals surface area contributed by atoms with Gasteiger partial charge >= 0.3 is 5.69 Å². The normalized spacial score (nSPS) is 9.93. The Kier molecular flexibility index (Phi) is 3.45. The highest BCUT2D eigenvalue weighted by Gasteiger charge is 2.08. The second-order valence-electron chi connectivity index (χ2n) is 3.18. The molecule has 0 aliphatic carbocycles. The highest BCUT2D eigenvalue weighted by molar-refractivity contribution is 5.22. The maximum atomic E-state index is 11.7. The van der Waals surface area contributed by atoms with E-state index in [0.717, 1.165) is 4.57 Å². The van der Waals surface area contributed by atoms with Crippen LogP contribution in [0.2, 0.25) is 0 Å². The summed E-state index contributed by atoms with van der Waals surface area (Å²) in [6, 6.07) is 1.80. The first-order valence-corrected chi connectivity index (χ1v) is 4.90. The Hall–Kier alpha value is -1.83. The Morgan fingerprint density at radius 1 is 1.40 bits per heavy atom. The van der Waals surface area contributed by atoms with E-state index in [0.29, 0.717) is 19.5 Å². The summed E-state index contributed by atoms with van der Waals surface area (Å²) < 4.78 is 2.48. The van der Waals surface area contributed by atoms with Crippen LogP contribution in [0.4, 0.5) is 0 Å². The predicted molar refractivity (Wildman–Crippen MR) is 55.6 cm³/mol. The third kappa shape index (κ3) is 1.99. The highest BCUT2D eigenvalue weighted by atomic mass is 16.2. The van der Waals surface area contributed by atoms with Gasteiger partial charge in [0.2, 0.25) is 0 Å². The maximum absolute atomic E-state index is 11.7. The van der Waals surface area contributed by atoms with E-state index in [2.05, 4.69) is 0 Å². The quantitative estimate of drug-likeness (QED) is 0.716. The molecule has 15 heavy (non-hydrogen) atoms. The Bertz CT molecular complexity index is 505. The molecule has 0 radical (unpaired) electrons. The van der Waals surface area contributed by atoms with Gasteiger partial charge in [-0.1, -0.05) is 6.92 Å². The zero-order valence-corrected chi connectivity index (χ0v) is 8.86. The molecule has 0 saturated carbocycles. The topological polar surface area (TPSA) is 67.8 Å². The predicted octanol–water partition coefficient (Wildman–Crippen LogP) is 0.312. The van der Waals surface area contributed by atoms with Gasteiger partial charge in [-0.15, -0.1) is 0 Å². The van der Waals surface area contributed by atoms with Gasteiger partial charge in [0.1, 0.15) is 11.6 Å². The SMILES string of the molecule is CCCn1c(=O)c(C#N)cn(CC)c1=O. The fourth-order valence-electron chi connectivity index (χ4n) is 1.38. The van der Waals surface area contributed by atoms with Gasteiger partial charge in [-0.3, -0.25) is 13.9 Å². The standard InChI is InChI=1S/C10H13N3O2/c1-3-5-13-9(14)8(6-11)7-12(4-2)10(13)15/h7H,3-5H2,1-2H3. The van der Waals surface area contributed by atoms with Crippen LogP contribution in [0.25, 0.3) is 0 Å². The third-order valence-corrected chi connectivity index (χ3v) is 2.15. The molecule has 0 unspecified atom stereocenters. The van der Waals surface area contributed by atoms with Crippen molar-refractivity contribution in [2.75, 3.05) is 0 Å². The van der Waals surface area contributed by atoms with Crippen LogP contribution >= 0.6 is 0 Å². The van der Waals surface area contributed by atoms with E-state index < -0.39 is 5.56 Å². The van der Waals surface area contributed by atoms with Crippen LogP contribution in [0.1, 0.15) is 25.8 Å². The number of aromatic nitrogens is 2. The first kappa shape index (κ1) is 11.2. The largest absolute Gasteiger partial charge is 0.331 e. The summed E-state index contributed by atoms with van der Waals surface area (Å²) in [7, 11) is 0. The summed E-state index contributed by atoms with van der Waals surface area (Å²) in [6.07, 6.45) is 2.00. The number of nitrogens with zero attached hydrogens (tertiary/aromatic N) is 3. The molecule has 0 fully saturated rings. The molecule has 1 aromatic rings. The second kappa shape index (κ2) is 4.60. The lowest BCUT2D eigenvalue weighted by atomic mass is 10.3. The highest BCUT2D eigenvalue weighted by Crippen LogP contribution is 1.88. The fraction of sp³-hybridized carbons (Fsp3) is 0.500. The van der Waals surface area contributed by atoms with Crippen LogP contribution in [-0.2, 0) is 13.1 Å². The van der Waals surface area contributed by atoms with Crippen molar-refractivity contribution < 1.29 is 0 Å².